The first-order chi connectivity index (χ1) is 7.76. The minimum atomic E-state index is 0.0660. The monoisotopic (exact) mass is 225 g/mol. The molecule has 1 atom stereocenters. The Hall–Kier alpha value is -1.17. The summed E-state index contributed by atoms with van der Waals surface area (Å²) < 4.78 is 10.8. The van der Waals surface area contributed by atoms with Gasteiger partial charge in [0.1, 0.15) is 5.82 Å². The second-order valence-corrected chi connectivity index (χ2v) is 3.44. The lowest BCUT2D eigenvalue weighted by molar-refractivity contribution is -0.0127. The molecule has 5 heteroatoms. The lowest BCUT2D eigenvalue weighted by atomic mass is 10.3. The van der Waals surface area contributed by atoms with Crippen molar-refractivity contribution in [3.63, 3.8) is 0 Å². The van der Waals surface area contributed by atoms with E-state index in [4.69, 9.17) is 15.3 Å². The molecule has 16 heavy (non-hydrogen) atoms. The fraction of sp³-hybridized carbons (Fsp3) is 0.545. The lowest BCUT2D eigenvalue weighted by Gasteiger charge is -2.12. The van der Waals surface area contributed by atoms with Gasteiger partial charge in [-0.15, -0.1) is 0 Å². The number of hydrazine groups is 1. The number of ether oxygens (including phenoxy) is 2. The summed E-state index contributed by atoms with van der Waals surface area (Å²) in [6, 6.07) is 5.58. The number of anilines is 1. The highest BCUT2D eigenvalue weighted by molar-refractivity contribution is 5.33. The number of nitrogen functional groups attached to an aromatic ring is 1. The number of pyridine rings is 1. The third-order valence-corrected chi connectivity index (χ3v) is 2.03. The van der Waals surface area contributed by atoms with Crippen molar-refractivity contribution >= 4 is 5.82 Å². The summed E-state index contributed by atoms with van der Waals surface area (Å²) in [4.78, 5) is 4.24. The van der Waals surface area contributed by atoms with E-state index in [2.05, 4.69) is 10.4 Å². The van der Waals surface area contributed by atoms with Crippen molar-refractivity contribution in [2.45, 2.75) is 26.6 Å². The van der Waals surface area contributed by atoms with Crippen molar-refractivity contribution in [1.82, 2.24) is 4.98 Å². The second kappa shape index (κ2) is 7.16. The Kier molecular flexibility index (Phi) is 5.77. The van der Waals surface area contributed by atoms with Gasteiger partial charge in [-0.05, 0) is 26.0 Å². The van der Waals surface area contributed by atoms with Gasteiger partial charge in [-0.2, -0.15) is 0 Å². The molecule has 5 nitrogen and oxygen atoms in total. The van der Waals surface area contributed by atoms with Crippen LogP contribution >= 0.6 is 0 Å². The molecule has 0 aliphatic carbocycles. The molecule has 0 saturated heterocycles. The van der Waals surface area contributed by atoms with Crippen LogP contribution in [0.2, 0.25) is 0 Å². The Morgan fingerprint density at radius 3 is 3.00 bits per heavy atom. The van der Waals surface area contributed by atoms with E-state index in [0.29, 0.717) is 25.6 Å². The summed E-state index contributed by atoms with van der Waals surface area (Å²) in [5.41, 5.74) is 3.34. The maximum Gasteiger partial charge on any atom is 0.140 e. The van der Waals surface area contributed by atoms with E-state index in [9.17, 15) is 0 Å². The third kappa shape index (κ3) is 4.57. The number of hydrogen-bond donors (Lipinski definition) is 2. The summed E-state index contributed by atoms with van der Waals surface area (Å²) in [6.45, 7) is 5.71. The van der Waals surface area contributed by atoms with Gasteiger partial charge in [-0.3, -0.25) is 0 Å². The number of nitrogens with zero attached hydrogens (tertiary/aromatic N) is 1. The zero-order chi connectivity index (χ0) is 11.8. The number of rotatable bonds is 7. The van der Waals surface area contributed by atoms with Crippen LogP contribution in [-0.4, -0.2) is 24.3 Å². The second-order valence-electron chi connectivity index (χ2n) is 3.44. The number of nitrogens with two attached hydrogens (primary N) is 1. The van der Waals surface area contributed by atoms with Crippen LogP contribution in [0, 0.1) is 0 Å². The highest BCUT2D eigenvalue weighted by Crippen LogP contribution is 2.05. The van der Waals surface area contributed by atoms with E-state index >= 15 is 0 Å². The van der Waals surface area contributed by atoms with E-state index in [1.54, 1.807) is 6.07 Å². The van der Waals surface area contributed by atoms with Crippen LogP contribution in [-0.2, 0) is 16.1 Å². The third-order valence-electron chi connectivity index (χ3n) is 2.03. The molecule has 0 saturated carbocycles. The lowest BCUT2D eigenvalue weighted by Crippen LogP contribution is -2.16. The van der Waals surface area contributed by atoms with Gasteiger partial charge in [0.15, 0.2) is 0 Å². The summed E-state index contributed by atoms with van der Waals surface area (Å²) >= 11 is 0. The van der Waals surface area contributed by atoms with Crippen LogP contribution in [0.4, 0.5) is 5.82 Å². The molecule has 1 heterocycles. The molecule has 1 aromatic heterocycles. The Morgan fingerprint density at radius 2 is 2.31 bits per heavy atom. The molecule has 1 rings (SSSR count). The van der Waals surface area contributed by atoms with E-state index in [1.165, 1.54) is 0 Å². The molecule has 0 amide bonds. The van der Waals surface area contributed by atoms with Crippen LogP contribution < -0.4 is 11.3 Å². The minimum Gasteiger partial charge on any atom is -0.379 e. The quantitative estimate of drug-likeness (QED) is 0.541. The molecular formula is C11H19N3O2. The normalized spacial score (nSPS) is 12.4. The van der Waals surface area contributed by atoms with Crippen molar-refractivity contribution in [1.29, 1.82) is 0 Å². The Bertz CT molecular complexity index is 307. The average Bonchev–Trinajstić information content (AvgIpc) is 2.34. The van der Waals surface area contributed by atoms with Gasteiger partial charge in [0.2, 0.25) is 0 Å². The predicted molar refractivity (Wildman–Crippen MR) is 62.8 cm³/mol. The van der Waals surface area contributed by atoms with Crippen LogP contribution in [0.3, 0.4) is 0 Å². The molecule has 0 fully saturated rings. The number of aromatic nitrogens is 1. The smallest absolute Gasteiger partial charge is 0.140 e. The molecular weight excluding hydrogens is 206 g/mol. The fourth-order valence-electron chi connectivity index (χ4n) is 1.20. The van der Waals surface area contributed by atoms with Crippen LogP contribution in [0.15, 0.2) is 18.2 Å². The van der Waals surface area contributed by atoms with Gasteiger partial charge in [-0.25, -0.2) is 10.8 Å². The van der Waals surface area contributed by atoms with Gasteiger partial charge in [0, 0.05) is 6.61 Å². The van der Waals surface area contributed by atoms with Crippen molar-refractivity contribution in [2.24, 2.45) is 5.84 Å². The zero-order valence-electron chi connectivity index (χ0n) is 9.77. The summed E-state index contributed by atoms with van der Waals surface area (Å²) in [6.07, 6.45) is 0.0660. The van der Waals surface area contributed by atoms with E-state index < -0.39 is 0 Å². The van der Waals surface area contributed by atoms with Gasteiger partial charge in [0.25, 0.3) is 0 Å². The molecule has 90 valence electrons. The Morgan fingerprint density at radius 1 is 1.50 bits per heavy atom. The predicted octanol–water partition coefficient (Wildman–Crippen LogP) is 1.31. The minimum absolute atomic E-state index is 0.0660. The number of nitrogens with one attached hydrogen (secondary N) is 1. The molecule has 0 radical (unpaired) electrons. The van der Waals surface area contributed by atoms with Crippen LogP contribution in [0.1, 0.15) is 19.5 Å². The Balaban J connectivity index is 2.35. The highest BCUT2D eigenvalue weighted by Gasteiger charge is 2.03. The van der Waals surface area contributed by atoms with Gasteiger partial charge >= 0.3 is 0 Å². The standard InChI is InChI=1S/C11H19N3O2/c1-3-15-7-9(2)16-8-10-5-4-6-11(13-10)14-12/h4-6,9H,3,7-8,12H2,1-2H3,(H,13,14). The van der Waals surface area contributed by atoms with Crippen LogP contribution in [0.5, 0.6) is 0 Å². The van der Waals surface area contributed by atoms with Gasteiger partial charge in [0.05, 0.1) is 25.0 Å². The van der Waals surface area contributed by atoms with Crippen LogP contribution in [0.25, 0.3) is 0 Å². The summed E-state index contributed by atoms with van der Waals surface area (Å²) in [5, 5.41) is 0. The van der Waals surface area contributed by atoms with E-state index in [1.807, 2.05) is 26.0 Å². The molecule has 0 aliphatic heterocycles. The fourth-order valence-corrected chi connectivity index (χ4v) is 1.20. The van der Waals surface area contributed by atoms with Crippen molar-refractivity contribution in [3.05, 3.63) is 23.9 Å². The van der Waals surface area contributed by atoms with Crippen molar-refractivity contribution in [2.75, 3.05) is 18.6 Å². The molecule has 3 N–H and O–H groups in total. The molecule has 1 unspecified atom stereocenters. The molecule has 0 spiro atoms. The first-order valence-corrected chi connectivity index (χ1v) is 5.38. The van der Waals surface area contributed by atoms with Gasteiger partial charge < -0.3 is 14.9 Å². The summed E-state index contributed by atoms with van der Waals surface area (Å²) in [7, 11) is 0. The maximum absolute atomic E-state index is 5.57. The molecule has 0 bridgehead atoms. The highest BCUT2D eigenvalue weighted by atomic mass is 16.5. The first-order valence-electron chi connectivity index (χ1n) is 5.38. The molecule has 0 aliphatic rings. The maximum atomic E-state index is 5.57. The summed E-state index contributed by atoms with van der Waals surface area (Å²) in [5.74, 6) is 5.90. The first kappa shape index (κ1) is 12.9. The Labute approximate surface area is 95.9 Å². The van der Waals surface area contributed by atoms with E-state index in [0.717, 1.165) is 5.69 Å². The van der Waals surface area contributed by atoms with Crippen molar-refractivity contribution < 1.29 is 9.47 Å². The van der Waals surface area contributed by atoms with Gasteiger partial charge in [-0.1, -0.05) is 6.07 Å². The topological polar surface area (TPSA) is 69.4 Å². The largest absolute Gasteiger partial charge is 0.379 e. The van der Waals surface area contributed by atoms with Crippen molar-refractivity contribution in [3.8, 4) is 0 Å². The zero-order valence-corrected chi connectivity index (χ0v) is 9.77. The molecule has 0 aromatic carbocycles. The molecule has 1 aromatic rings. The SMILES string of the molecule is CCOCC(C)OCc1cccc(NN)n1. The average molecular weight is 225 g/mol. The number of hydrogen-bond acceptors (Lipinski definition) is 5. The van der Waals surface area contributed by atoms with E-state index in [-0.39, 0.29) is 6.10 Å².